The summed E-state index contributed by atoms with van der Waals surface area (Å²) in [6, 6.07) is 14.3. The summed E-state index contributed by atoms with van der Waals surface area (Å²) >= 11 is 0. The lowest BCUT2D eigenvalue weighted by Gasteiger charge is -2.21. The molecular weight excluding hydrogens is 378 g/mol. The number of ether oxygens (including phenoxy) is 1. The summed E-state index contributed by atoms with van der Waals surface area (Å²) < 4.78 is 31.8. The van der Waals surface area contributed by atoms with E-state index < -0.39 is 16.1 Å². The Balaban J connectivity index is 2.02. The van der Waals surface area contributed by atoms with Crippen LogP contribution in [0.4, 0.5) is 5.69 Å². The Kier molecular flexibility index (Phi) is 6.78. The molecule has 148 valence electrons. The van der Waals surface area contributed by atoms with Crippen LogP contribution in [0, 0.1) is 11.3 Å². The van der Waals surface area contributed by atoms with Crippen molar-refractivity contribution in [2.24, 2.45) is 0 Å². The summed E-state index contributed by atoms with van der Waals surface area (Å²) in [5.41, 5.74) is 0.967. The lowest BCUT2D eigenvalue weighted by atomic mass is 10.2. The number of rotatable bonds is 7. The van der Waals surface area contributed by atoms with E-state index in [1.165, 1.54) is 35.6 Å². The first-order valence-electron chi connectivity index (χ1n) is 8.71. The van der Waals surface area contributed by atoms with E-state index in [1.807, 2.05) is 6.07 Å². The summed E-state index contributed by atoms with van der Waals surface area (Å²) in [5.74, 6) is 0.0964. The van der Waals surface area contributed by atoms with E-state index in [-0.39, 0.29) is 16.8 Å². The molecule has 0 radical (unpaired) electrons. The van der Waals surface area contributed by atoms with Crippen LogP contribution in [0.5, 0.6) is 5.75 Å². The second-order valence-electron chi connectivity index (χ2n) is 6.52. The van der Waals surface area contributed by atoms with Crippen LogP contribution in [-0.2, 0) is 14.8 Å². The Morgan fingerprint density at radius 2 is 1.64 bits per heavy atom. The van der Waals surface area contributed by atoms with Crippen molar-refractivity contribution in [3.8, 4) is 11.8 Å². The Hall–Kier alpha value is -2.89. The summed E-state index contributed by atoms with van der Waals surface area (Å²) in [7, 11) is -2.05. The summed E-state index contributed by atoms with van der Waals surface area (Å²) in [4.78, 5) is 12.5. The Labute approximate surface area is 165 Å². The van der Waals surface area contributed by atoms with Crippen LogP contribution in [0.25, 0.3) is 0 Å². The fourth-order valence-corrected chi connectivity index (χ4v) is 3.63. The largest absolute Gasteiger partial charge is 0.481 e. The molecule has 0 aliphatic carbocycles. The standard InChI is InChI=1S/C20H23N3O4S/c1-14(2)23(4)28(25,26)19-11-7-17(8-12-19)22-20(24)15(3)27-18-9-5-16(13-21)6-10-18/h5-12,14-15H,1-4H3,(H,22,24)/t15-/m0/s1. The predicted molar refractivity (Wildman–Crippen MR) is 106 cm³/mol. The first-order valence-corrected chi connectivity index (χ1v) is 10.1. The average molecular weight is 401 g/mol. The van der Waals surface area contributed by atoms with Gasteiger partial charge in [-0.15, -0.1) is 0 Å². The van der Waals surface area contributed by atoms with Gasteiger partial charge >= 0.3 is 0 Å². The van der Waals surface area contributed by atoms with Gasteiger partial charge in [0.25, 0.3) is 5.91 Å². The lowest BCUT2D eigenvalue weighted by molar-refractivity contribution is -0.122. The molecule has 0 fully saturated rings. The van der Waals surface area contributed by atoms with Crippen LogP contribution in [0.1, 0.15) is 26.3 Å². The molecule has 0 spiro atoms. The quantitative estimate of drug-likeness (QED) is 0.769. The highest BCUT2D eigenvalue weighted by atomic mass is 32.2. The van der Waals surface area contributed by atoms with Crippen molar-refractivity contribution in [1.29, 1.82) is 5.26 Å². The highest BCUT2D eigenvalue weighted by molar-refractivity contribution is 7.89. The molecule has 0 unspecified atom stereocenters. The van der Waals surface area contributed by atoms with E-state index in [4.69, 9.17) is 10.00 Å². The maximum atomic E-state index is 12.5. The zero-order valence-electron chi connectivity index (χ0n) is 16.2. The Morgan fingerprint density at radius 3 is 2.14 bits per heavy atom. The van der Waals surface area contributed by atoms with E-state index in [9.17, 15) is 13.2 Å². The number of nitriles is 1. The van der Waals surface area contributed by atoms with Gasteiger partial charge in [0.1, 0.15) is 5.75 Å². The molecule has 28 heavy (non-hydrogen) atoms. The van der Waals surface area contributed by atoms with Crippen LogP contribution in [0.15, 0.2) is 53.4 Å². The molecule has 0 aromatic heterocycles. The SMILES string of the molecule is CC(C)N(C)S(=O)(=O)c1ccc(NC(=O)[C@H](C)Oc2ccc(C#N)cc2)cc1. The maximum absolute atomic E-state index is 12.5. The number of carbonyl (C=O) groups is 1. The number of hydrogen-bond donors (Lipinski definition) is 1. The third-order valence-electron chi connectivity index (χ3n) is 4.19. The van der Waals surface area contributed by atoms with Gasteiger partial charge in [0.2, 0.25) is 10.0 Å². The first kappa shape index (κ1) is 21.4. The molecule has 0 heterocycles. The van der Waals surface area contributed by atoms with E-state index >= 15 is 0 Å². The topological polar surface area (TPSA) is 99.5 Å². The molecule has 8 heteroatoms. The second-order valence-corrected chi connectivity index (χ2v) is 8.52. The monoisotopic (exact) mass is 401 g/mol. The molecule has 2 aromatic carbocycles. The van der Waals surface area contributed by atoms with Crippen molar-refractivity contribution in [1.82, 2.24) is 4.31 Å². The van der Waals surface area contributed by atoms with Crippen LogP contribution in [-0.4, -0.2) is 37.8 Å². The number of carbonyl (C=O) groups excluding carboxylic acids is 1. The molecule has 2 rings (SSSR count). The van der Waals surface area contributed by atoms with Gasteiger partial charge in [0.05, 0.1) is 16.5 Å². The van der Waals surface area contributed by atoms with Crippen molar-refractivity contribution < 1.29 is 17.9 Å². The molecule has 1 atom stereocenters. The minimum Gasteiger partial charge on any atom is -0.481 e. The van der Waals surface area contributed by atoms with Crippen LogP contribution in [0.2, 0.25) is 0 Å². The molecule has 1 amide bonds. The maximum Gasteiger partial charge on any atom is 0.265 e. The van der Waals surface area contributed by atoms with Gasteiger partial charge in [-0.1, -0.05) is 0 Å². The Morgan fingerprint density at radius 1 is 1.07 bits per heavy atom. The van der Waals surface area contributed by atoms with Crippen molar-refractivity contribution in [2.75, 3.05) is 12.4 Å². The highest BCUT2D eigenvalue weighted by Gasteiger charge is 2.23. The van der Waals surface area contributed by atoms with Crippen molar-refractivity contribution in [2.45, 2.75) is 37.8 Å². The van der Waals surface area contributed by atoms with Gasteiger partial charge < -0.3 is 10.1 Å². The normalized spacial score (nSPS) is 12.5. The molecule has 0 aliphatic rings. The molecule has 0 bridgehead atoms. The van der Waals surface area contributed by atoms with Crippen LogP contribution < -0.4 is 10.1 Å². The number of anilines is 1. The molecule has 0 aliphatic heterocycles. The van der Waals surface area contributed by atoms with Gasteiger partial charge in [-0.2, -0.15) is 9.57 Å². The van der Waals surface area contributed by atoms with Crippen LogP contribution in [0.3, 0.4) is 0 Å². The molecule has 7 nitrogen and oxygen atoms in total. The Bertz CT molecular complexity index is 962. The van der Waals surface area contributed by atoms with E-state index in [2.05, 4.69) is 5.32 Å². The number of sulfonamides is 1. The van der Waals surface area contributed by atoms with Gasteiger partial charge in [-0.05, 0) is 69.3 Å². The van der Waals surface area contributed by atoms with E-state index in [0.29, 0.717) is 17.0 Å². The highest BCUT2D eigenvalue weighted by Crippen LogP contribution is 2.20. The fraction of sp³-hybridized carbons (Fsp3) is 0.300. The average Bonchev–Trinajstić information content (AvgIpc) is 2.68. The minimum atomic E-state index is -3.57. The van der Waals surface area contributed by atoms with E-state index in [0.717, 1.165) is 0 Å². The molecule has 0 saturated heterocycles. The molecular formula is C20H23N3O4S. The third kappa shape index (κ3) is 5.09. The second kappa shape index (κ2) is 8.87. The number of nitrogens with zero attached hydrogens (tertiary/aromatic N) is 2. The van der Waals surface area contributed by atoms with Gasteiger partial charge in [-0.3, -0.25) is 4.79 Å². The number of nitrogens with one attached hydrogen (secondary N) is 1. The zero-order chi connectivity index (χ0) is 20.9. The third-order valence-corrected chi connectivity index (χ3v) is 6.24. The molecule has 0 saturated carbocycles. The number of amides is 1. The lowest BCUT2D eigenvalue weighted by Crippen LogP contribution is -2.33. The van der Waals surface area contributed by atoms with Crippen LogP contribution >= 0.6 is 0 Å². The summed E-state index contributed by atoms with van der Waals surface area (Å²) in [6.07, 6.45) is -0.775. The van der Waals surface area contributed by atoms with Crippen molar-refractivity contribution in [3.05, 3.63) is 54.1 Å². The van der Waals surface area contributed by atoms with Crippen molar-refractivity contribution in [3.63, 3.8) is 0 Å². The van der Waals surface area contributed by atoms with Crippen molar-refractivity contribution >= 4 is 21.6 Å². The van der Waals surface area contributed by atoms with Gasteiger partial charge in [0, 0.05) is 18.8 Å². The zero-order valence-corrected chi connectivity index (χ0v) is 17.0. The fourth-order valence-electron chi connectivity index (χ4n) is 2.26. The summed E-state index contributed by atoms with van der Waals surface area (Å²) in [5, 5.41) is 11.5. The van der Waals surface area contributed by atoms with Gasteiger partial charge in [0.15, 0.2) is 6.10 Å². The first-order chi connectivity index (χ1) is 13.1. The number of benzene rings is 2. The smallest absolute Gasteiger partial charge is 0.265 e. The van der Waals surface area contributed by atoms with Gasteiger partial charge in [-0.25, -0.2) is 8.42 Å². The molecule has 2 aromatic rings. The number of hydrogen-bond acceptors (Lipinski definition) is 5. The minimum absolute atomic E-state index is 0.156. The molecule has 1 N–H and O–H groups in total. The van der Waals surface area contributed by atoms with E-state index in [1.54, 1.807) is 45.0 Å². The summed E-state index contributed by atoms with van der Waals surface area (Å²) in [6.45, 7) is 5.19. The predicted octanol–water partition coefficient (Wildman–Crippen LogP) is 2.99.